The summed E-state index contributed by atoms with van der Waals surface area (Å²) in [5, 5.41) is 9.97. The van der Waals surface area contributed by atoms with Gasteiger partial charge in [0.05, 0.1) is 16.5 Å². The molecule has 0 amide bonds. The fourth-order valence-corrected chi connectivity index (χ4v) is 3.14. The van der Waals surface area contributed by atoms with Crippen LogP contribution in [0.1, 0.15) is 28.5 Å². The molecule has 0 unspecified atom stereocenters. The Labute approximate surface area is 146 Å². The van der Waals surface area contributed by atoms with E-state index >= 15 is 0 Å². The highest BCUT2D eigenvalue weighted by molar-refractivity contribution is 7.99. The van der Waals surface area contributed by atoms with E-state index in [9.17, 15) is 9.59 Å². The number of Topliss-reactive ketones (excluding diaryl/α,β-unsaturated/α-hetero) is 1. The quantitative estimate of drug-likeness (QED) is 0.496. The van der Waals surface area contributed by atoms with E-state index in [1.54, 1.807) is 19.1 Å². The minimum Gasteiger partial charge on any atom is -0.300 e. The molecule has 0 fully saturated rings. The zero-order valence-electron chi connectivity index (χ0n) is 12.0. The molecular formula is C15H11Cl2N3O2S. The van der Waals surface area contributed by atoms with Crippen LogP contribution in [0.3, 0.4) is 0 Å². The predicted molar refractivity (Wildman–Crippen MR) is 90.5 cm³/mol. The second-order valence-corrected chi connectivity index (χ2v) is 6.30. The molecule has 0 aliphatic carbocycles. The Morgan fingerprint density at radius 3 is 2.78 bits per heavy atom. The summed E-state index contributed by atoms with van der Waals surface area (Å²) in [6.07, 6.45) is 0.456. The lowest BCUT2D eigenvalue weighted by Gasteiger charge is -2.05. The van der Waals surface area contributed by atoms with Gasteiger partial charge in [0.15, 0.2) is 10.9 Å². The molecule has 5 nitrogen and oxygen atoms in total. The molecule has 0 saturated carbocycles. The topological polar surface area (TPSA) is 86.6 Å². The van der Waals surface area contributed by atoms with E-state index in [4.69, 9.17) is 28.5 Å². The lowest BCUT2D eigenvalue weighted by molar-refractivity contribution is 0.102. The van der Waals surface area contributed by atoms with Gasteiger partial charge in [-0.3, -0.25) is 9.59 Å². The van der Waals surface area contributed by atoms with Crippen molar-refractivity contribution in [3.63, 3.8) is 0 Å². The number of benzene rings is 1. The number of carbonyl (C=O) groups is 1. The van der Waals surface area contributed by atoms with Crippen molar-refractivity contribution in [3.05, 3.63) is 55.4 Å². The molecule has 1 heterocycles. The van der Waals surface area contributed by atoms with E-state index in [0.717, 1.165) is 11.8 Å². The molecule has 0 aliphatic rings. The average molecular weight is 368 g/mol. The lowest BCUT2D eigenvalue weighted by atomic mass is 10.1. The zero-order chi connectivity index (χ0) is 17.0. The van der Waals surface area contributed by atoms with E-state index in [-0.39, 0.29) is 22.1 Å². The number of nitrogens with zero attached hydrogens (tertiary/aromatic N) is 2. The van der Waals surface area contributed by atoms with Crippen LogP contribution in [-0.2, 0) is 6.42 Å². The number of H-pyrrole nitrogens is 1. The van der Waals surface area contributed by atoms with Crippen LogP contribution < -0.4 is 5.56 Å². The zero-order valence-corrected chi connectivity index (χ0v) is 14.3. The fraction of sp³-hybridized carbons (Fsp3) is 0.200. The summed E-state index contributed by atoms with van der Waals surface area (Å²) in [5.74, 6) is -0.152. The van der Waals surface area contributed by atoms with Crippen LogP contribution in [0.5, 0.6) is 0 Å². The number of carbonyl (C=O) groups excluding carboxylic acids is 1. The molecule has 1 aromatic heterocycles. The van der Waals surface area contributed by atoms with Gasteiger partial charge in [-0.2, -0.15) is 5.26 Å². The summed E-state index contributed by atoms with van der Waals surface area (Å²) < 4.78 is 0. The molecule has 23 heavy (non-hydrogen) atoms. The number of nitrogens with one attached hydrogen (secondary N) is 1. The Bertz CT molecular complexity index is 859. The van der Waals surface area contributed by atoms with Gasteiger partial charge in [-0.1, -0.05) is 41.9 Å². The molecule has 0 atom stereocenters. The van der Waals surface area contributed by atoms with Gasteiger partial charge in [0.1, 0.15) is 11.6 Å². The van der Waals surface area contributed by atoms with Crippen LogP contribution in [0.15, 0.2) is 28.2 Å². The molecule has 0 spiro atoms. The maximum atomic E-state index is 12.2. The third kappa shape index (κ3) is 4.14. The number of nitriles is 1. The highest BCUT2D eigenvalue weighted by Crippen LogP contribution is 2.23. The van der Waals surface area contributed by atoms with Crippen LogP contribution in [0.2, 0.25) is 10.0 Å². The molecule has 1 aromatic carbocycles. The summed E-state index contributed by atoms with van der Waals surface area (Å²) in [6, 6.07) is 6.47. The first-order chi connectivity index (χ1) is 11.0. The summed E-state index contributed by atoms with van der Waals surface area (Å²) in [4.78, 5) is 30.7. The molecule has 0 bridgehead atoms. The Morgan fingerprint density at radius 1 is 1.43 bits per heavy atom. The van der Waals surface area contributed by atoms with Crippen molar-refractivity contribution >= 4 is 40.7 Å². The average Bonchev–Trinajstić information content (AvgIpc) is 2.51. The number of hydrogen-bond donors (Lipinski definition) is 1. The van der Waals surface area contributed by atoms with Gasteiger partial charge < -0.3 is 4.98 Å². The molecule has 2 aromatic rings. The minimum absolute atomic E-state index is 0.00363. The first-order valence-electron chi connectivity index (χ1n) is 6.60. The van der Waals surface area contributed by atoms with Crippen molar-refractivity contribution in [3.8, 4) is 6.07 Å². The first-order valence-corrected chi connectivity index (χ1v) is 8.34. The maximum Gasteiger partial charge on any atom is 0.269 e. The molecule has 1 N–H and O–H groups in total. The van der Waals surface area contributed by atoms with Crippen LogP contribution in [0.25, 0.3) is 0 Å². The molecule has 0 saturated heterocycles. The van der Waals surface area contributed by atoms with E-state index in [1.165, 1.54) is 6.07 Å². The van der Waals surface area contributed by atoms with E-state index in [1.807, 2.05) is 6.07 Å². The number of aromatic nitrogens is 2. The van der Waals surface area contributed by atoms with E-state index < -0.39 is 5.56 Å². The molecule has 0 aliphatic heterocycles. The second kappa shape index (κ2) is 7.64. The Kier molecular flexibility index (Phi) is 5.83. The van der Waals surface area contributed by atoms with Crippen molar-refractivity contribution in [2.45, 2.75) is 18.5 Å². The van der Waals surface area contributed by atoms with Gasteiger partial charge in [0, 0.05) is 10.6 Å². The standard InChI is InChI=1S/C15H11Cl2N3O2S/c1-2-12-10(6-18)14(22)20-15(19-12)23-7-13(21)9-4-3-8(16)5-11(9)17/h3-5H,2,7H2,1H3,(H,19,20,22). The minimum atomic E-state index is -0.501. The summed E-state index contributed by atoms with van der Waals surface area (Å²) in [7, 11) is 0. The van der Waals surface area contributed by atoms with Crippen LogP contribution >= 0.6 is 35.0 Å². The molecule has 118 valence electrons. The maximum absolute atomic E-state index is 12.2. The Hall–Kier alpha value is -1.81. The van der Waals surface area contributed by atoms with Crippen LogP contribution in [-0.4, -0.2) is 21.5 Å². The monoisotopic (exact) mass is 367 g/mol. The van der Waals surface area contributed by atoms with Gasteiger partial charge in [0.2, 0.25) is 0 Å². The van der Waals surface area contributed by atoms with Crippen molar-refractivity contribution in [2.24, 2.45) is 0 Å². The largest absolute Gasteiger partial charge is 0.300 e. The SMILES string of the molecule is CCc1nc(SCC(=O)c2ccc(Cl)cc2Cl)[nH]c(=O)c1C#N. The normalized spacial score (nSPS) is 10.3. The number of halogens is 2. The third-order valence-electron chi connectivity index (χ3n) is 2.99. The second-order valence-electron chi connectivity index (χ2n) is 4.49. The third-order valence-corrected chi connectivity index (χ3v) is 4.41. The summed E-state index contributed by atoms with van der Waals surface area (Å²) in [6.45, 7) is 1.80. The van der Waals surface area contributed by atoms with Gasteiger partial charge >= 0.3 is 0 Å². The lowest BCUT2D eigenvalue weighted by Crippen LogP contribution is -2.16. The van der Waals surface area contributed by atoms with Crippen molar-refractivity contribution in [2.75, 3.05) is 5.75 Å². The van der Waals surface area contributed by atoms with Crippen molar-refractivity contribution < 1.29 is 4.79 Å². The number of thioether (sulfide) groups is 1. The molecular weight excluding hydrogens is 357 g/mol. The van der Waals surface area contributed by atoms with Crippen molar-refractivity contribution in [1.29, 1.82) is 5.26 Å². The van der Waals surface area contributed by atoms with E-state index in [0.29, 0.717) is 27.9 Å². The van der Waals surface area contributed by atoms with Gasteiger partial charge in [-0.15, -0.1) is 0 Å². The van der Waals surface area contributed by atoms with Crippen LogP contribution in [0, 0.1) is 11.3 Å². The number of hydrogen-bond acceptors (Lipinski definition) is 5. The molecule has 8 heteroatoms. The van der Waals surface area contributed by atoms with E-state index in [2.05, 4.69) is 9.97 Å². The predicted octanol–water partition coefficient (Wildman–Crippen LogP) is 3.49. The number of aromatic amines is 1. The number of aryl methyl sites for hydroxylation is 1. The first kappa shape index (κ1) is 17.5. The number of rotatable bonds is 5. The summed E-state index contributed by atoms with van der Waals surface area (Å²) in [5.41, 5.74) is 0.272. The Balaban J connectivity index is 2.18. The van der Waals surface area contributed by atoms with Gasteiger partial charge in [-0.25, -0.2) is 4.98 Å². The highest BCUT2D eigenvalue weighted by Gasteiger charge is 2.14. The van der Waals surface area contributed by atoms with Crippen LogP contribution in [0.4, 0.5) is 0 Å². The summed E-state index contributed by atoms with van der Waals surface area (Å²) >= 11 is 12.9. The molecule has 0 radical (unpaired) electrons. The number of ketones is 1. The fourth-order valence-electron chi connectivity index (χ4n) is 1.86. The smallest absolute Gasteiger partial charge is 0.269 e. The molecule has 2 rings (SSSR count). The van der Waals surface area contributed by atoms with Crippen molar-refractivity contribution in [1.82, 2.24) is 9.97 Å². The Morgan fingerprint density at radius 2 is 2.17 bits per heavy atom. The highest BCUT2D eigenvalue weighted by atomic mass is 35.5. The van der Waals surface area contributed by atoms with Gasteiger partial charge in [0.25, 0.3) is 5.56 Å². The van der Waals surface area contributed by atoms with Gasteiger partial charge in [-0.05, 0) is 24.6 Å².